The van der Waals surface area contributed by atoms with E-state index in [1.165, 1.54) is 17.5 Å². The van der Waals surface area contributed by atoms with E-state index in [-0.39, 0.29) is 15.6 Å². The number of rotatable bonds is 8. The quantitative estimate of drug-likeness (QED) is 0.133. The predicted octanol–water partition coefficient (Wildman–Crippen LogP) is 5.78. The van der Waals surface area contributed by atoms with Crippen molar-refractivity contribution in [1.29, 1.82) is 5.26 Å². The SMILES string of the molecule is [B]c1ccc(-c2nc(N/N=C(/c3cn(CC)c4ccc(-c5nc(CN6CCOCC6)cs5)cc34)C(F)(F)F)sc2C#N)cc1. The van der Waals surface area contributed by atoms with E-state index < -0.39 is 11.9 Å². The molecule has 1 fully saturated rings. The number of nitrogens with zero attached hydrogens (tertiary/aromatic N) is 6. The standard InChI is InChI=1S/C30H25BF3N7OS2/c1-2-41-16-23(22-13-19(5-8-24(22)41)28-36-21(17-43-28)15-40-9-11-42-12-10-40)27(30(32,33)34)38-39-29-37-26(25(14-35)44-29)18-3-6-20(31)7-4-18/h3-8,13,16-17H,2,9-12,15H2,1H3,(H,37,39)/b38-27-. The Balaban J connectivity index is 1.34. The highest BCUT2D eigenvalue weighted by molar-refractivity contribution is 7.16. The molecule has 1 aliphatic rings. The lowest BCUT2D eigenvalue weighted by molar-refractivity contribution is -0.0580. The second-order valence-electron chi connectivity index (χ2n) is 10.1. The second kappa shape index (κ2) is 12.5. The van der Waals surface area contributed by atoms with Crippen molar-refractivity contribution in [2.24, 2.45) is 5.10 Å². The number of fused-ring (bicyclic) bond motifs is 1. The number of nitrogens with one attached hydrogen (secondary N) is 1. The molecule has 8 nitrogen and oxygen atoms in total. The van der Waals surface area contributed by atoms with Gasteiger partial charge in [-0.15, -0.1) is 11.3 Å². The highest BCUT2D eigenvalue weighted by atomic mass is 32.1. The molecule has 0 aliphatic carbocycles. The molecule has 4 heterocycles. The average molecular weight is 632 g/mol. The fourth-order valence-electron chi connectivity index (χ4n) is 5.04. The maximum absolute atomic E-state index is 14.6. The number of hydrogen-bond acceptors (Lipinski definition) is 9. The fourth-order valence-corrected chi connectivity index (χ4v) is 6.58. The zero-order valence-corrected chi connectivity index (χ0v) is 25.2. The Morgan fingerprint density at radius 3 is 2.59 bits per heavy atom. The van der Waals surface area contributed by atoms with E-state index in [1.807, 2.05) is 24.4 Å². The first kappa shape index (κ1) is 30.0. The lowest BCUT2D eigenvalue weighted by Crippen LogP contribution is -2.35. The molecule has 0 unspecified atom stereocenters. The summed E-state index contributed by atoms with van der Waals surface area (Å²) in [6.45, 7) is 6.09. The van der Waals surface area contributed by atoms with Crippen LogP contribution in [0.15, 0.2) is 59.1 Å². The molecule has 0 atom stereocenters. The van der Waals surface area contributed by atoms with Crippen LogP contribution in [0.5, 0.6) is 0 Å². The molecular weight excluding hydrogens is 606 g/mol. The van der Waals surface area contributed by atoms with E-state index in [0.29, 0.717) is 53.9 Å². The molecular formula is C30H25BF3N7OS2. The normalized spacial score (nSPS) is 14.7. The Morgan fingerprint density at radius 1 is 1.14 bits per heavy atom. The molecule has 0 amide bonds. The molecule has 1 aliphatic heterocycles. The smallest absolute Gasteiger partial charge is 0.379 e. The van der Waals surface area contributed by atoms with Crippen molar-refractivity contribution >= 4 is 57.7 Å². The van der Waals surface area contributed by atoms with Crippen LogP contribution in [0, 0.1) is 11.3 Å². The summed E-state index contributed by atoms with van der Waals surface area (Å²) < 4.78 is 50.9. The molecule has 5 aromatic rings. The van der Waals surface area contributed by atoms with Gasteiger partial charge in [0.05, 0.1) is 18.9 Å². The molecule has 222 valence electrons. The highest BCUT2D eigenvalue weighted by Gasteiger charge is 2.39. The fraction of sp³-hybridized carbons (Fsp3) is 0.267. The molecule has 44 heavy (non-hydrogen) atoms. The number of benzene rings is 2. The maximum Gasteiger partial charge on any atom is 0.435 e. The first-order valence-electron chi connectivity index (χ1n) is 13.8. The van der Waals surface area contributed by atoms with Gasteiger partial charge in [0.15, 0.2) is 5.71 Å². The zero-order chi connectivity index (χ0) is 30.8. The summed E-state index contributed by atoms with van der Waals surface area (Å²) in [6, 6.07) is 14.2. The predicted molar refractivity (Wildman–Crippen MR) is 169 cm³/mol. The molecule has 0 saturated carbocycles. The van der Waals surface area contributed by atoms with Crippen molar-refractivity contribution in [2.45, 2.75) is 26.2 Å². The summed E-state index contributed by atoms with van der Waals surface area (Å²) in [4.78, 5) is 11.6. The molecule has 2 radical (unpaired) electrons. The van der Waals surface area contributed by atoms with Gasteiger partial charge in [-0.3, -0.25) is 10.3 Å². The van der Waals surface area contributed by atoms with Crippen molar-refractivity contribution in [3.05, 3.63) is 70.2 Å². The van der Waals surface area contributed by atoms with Crippen LogP contribution in [-0.2, 0) is 17.8 Å². The molecule has 1 saturated heterocycles. The average Bonchev–Trinajstić information content (AvgIpc) is 3.75. The van der Waals surface area contributed by atoms with Gasteiger partial charge >= 0.3 is 6.18 Å². The van der Waals surface area contributed by atoms with Crippen LogP contribution in [0.25, 0.3) is 32.7 Å². The minimum absolute atomic E-state index is 0.0608. The van der Waals surface area contributed by atoms with Crippen LogP contribution in [-0.4, -0.2) is 65.5 Å². The van der Waals surface area contributed by atoms with E-state index >= 15 is 0 Å². The van der Waals surface area contributed by atoms with Crippen LogP contribution in [0.2, 0.25) is 0 Å². The van der Waals surface area contributed by atoms with Crippen molar-refractivity contribution in [1.82, 2.24) is 19.4 Å². The Morgan fingerprint density at radius 2 is 1.89 bits per heavy atom. The Hall–Kier alpha value is -4.03. The Labute approximate surface area is 260 Å². The number of nitriles is 1. The highest BCUT2D eigenvalue weighted by Crippen LogP contribution is 2.35. The topological polar surface area (TPSA) is 91.4 Å². The van der Waals surface area contributed by atoms with Crippen LogP contribution < -0.4 is 10.9 Å². The number of hydrogen-bond donors (Lipinski definition) is 1. The summed E-state index contributed by atoms with van der Waals surface area (Å²) in [6.07, 6.45) is -3.31. The molecule has 14 heteroatoms. The van der Waals surface area contributed by atoms with Crippen molar-refractivity contribution in [2.75, 3.05) is 31.7 Å². The van der Waals surface area contributed by atoms with Gasteiger partial charge in [0.2, 0.25) is 5.13 Å². The van der Waals surface area contributed by atoms with Crippen LogP contribution in [0.4, 0.5) is 18.3 Å². The molecule has 3 aromatic heterocycles. The van der Waals surface area contributed by atoms with E-state index in [0.717, 1.165) is 40.7 Å². The van der Waals surface area contributed by atoms with E-state index in [2.05, 4.69) is 26.5 Å². The lowest BCUT2D eigenvalue weighted by Gasteiger charge is -2.25. The second-order valence-corrected chi connectivity index (χ2v) is 12.0. The number of aromatic nitrogens is 3. The minimum atomic E-state index is -4.78. The number of aryl methyl sites for hydroxylation is 1. The van der Waals surface area contributed by atoms with Crippen LogP contribution >= 0.6 is 22.7 Å². The third kappa shape index (κ3) is 6.27. The molecule has 1 N–H and O–H groups in total. The summed E-state index contributed by atoms with van der Waals surface area (Å²) in [5.41, 5.74) is 5.11. The minimum Gasteiger partial charge on any atom is -0.379 e. The monoisotopic (exact) mass is 631 g/mol. The number of hydrazone groups is 1. The number of morpholine rings is 1. The van der Waals surface area contributed by atoms with Gasteiger partial charge in [0, 0.05) is 65.3 Å². The van der Waals surface area contributed by atoms with Gasteiger partial charge in [-0.2, -0.15) is 23.5 Å². The zero-order valence-electron chi connectivity index (χ0n) is 23.6. The van der Waals surface area contributed by atoms with Crippen molar-refractivity contribution in [3.63, 3.8) is 0 Å². The first-order valence-corrected chi connectivity index (χ1v) is 15.5. The maximum atomic E-state index is 14.6. The molecule has 6 rings (SSSR count). The summed E-state index contributed by atoms with van der Waals surface area (Å²) in [5, 5.41) is 16.6. The molecule has 0 spiro atoms. The summed E-state index contributed by atoms with van der Waals surface area (Å²) in [5.74, 6) is 0. The summed E-state index contributed by atoms with van der Waals surface area (Å²) >= 11 is 2.39. The first-order chi connectivity index (χ1) is 21.2. The number of halogens is 3. The number of alkyl halides is 3. The van der Waals surface area contributed by atoms with Gasteiger partial charge in [-0.25, -0.2) is 9.97 Å². The largest absolute Gasteiger partial charge is 0.435 e. The lowest BCUT2D eigenvalue weighted by atomic mass is 9.95. The van der Waals surface area contributed by atoms with Gasteiger partial charge in [-0.1, -0.05) is 41.1 Å². The van der Waals surface area contributed by atoms with Gasteiger partial charge < -0.3 is 9.30 Å². The van der Waals surface area contributed by atoms with Gasteiger partial charge in [0.1, 0.15) is 29.5 Å². The van der Waals surface area contributed by atoms with Crippen LogP contribution in [0.3, 0.4) is 0 Å². The van der Waals surface area contributed by atoms with Crippen molar-refractivity contribution < 1.29 is 17.9 Å². The number of thiazole rings is 2. The van der Waals surface area contributed by atoms with E-state index in [9.17, 15) is 18.4 Å². The number of ether oxygens (including phenoxy) is 1. The number of anilines is 1. The Kier molecular flexibility index (Phi) is 8.55. The van der Waals surface area contributed by atoms with Crippen molar-refractivity contribution in [3.8, 4) is 27.9 Å². The third-order valence-corrected chi connectivity index (χ3v) is 9.01. The van der Waals surface area contributed by atoms with Gasteiger partial charge in [-0.05, 0) is 25.1 Å². The van der Waals surface area contributed by atoms with Crippen LogP contribution in [0.1, 0.15) is 23.1 Å². The Bertz CT molecular complexity index is 1870. The molecule has 2 aromatic carbocycles. The van der Waals surface area contributed by atoms with E-state index in [1.54, 1.807) is 34.9 Å². The molecule has 0 bridgehead atoms. The summed E-state index contributed by atoms with van der Waals surface area (Å²) in [7, 11) is 5.76. The van der Waals surface area contributed by atoms with E-state index in [4.69, 9.17) is 17.6 Å². The van der Waals surface area contributed by atoms with Gasteiger partial charge in [0.25, 0.3) is 0 Å². The third-order valence-electron chi connectivity index (χ3n) is 7.21.